The molecule has 1 heterocycles. The van der Waals surface area contributed by atoms with Gasteiger partial charge in [0.2, 0.25) is 5.91 Å². The molecule has 21 heavy (non-hydrogen) atoms. The Balaban J connectivity index is 1.73. The van der Waals surface area contributed by atoms with E-state index in [1.807, 2.05) is 26.0 Å². The number of unbranched alkanes of at least 4 members (excludes halogenated alkanes) is 2. The summed E-state index contributed by atoms with van der Waals surface area (Å²) in [5.41, 5.74) is 2.26. The number of fused-ring (bicyclic) bond motifs is 1. The minimum Gasteiger partial charge on any atom is -0.356 e. The number of hydrogen-bond acceptors (Lipinski definition) is 2. The summed E-state index contributed by atoms with van der Waals surface area (Å²) < 4.78 is 2.18. The predicted molar refractivity (Wildman–Crippen MR) is 86.1 cm³/mol. The van der Waals surface area contributed by atoms with Crippen molar-refractivity contribution in [3.63, 3.8) is 0 Å². The van der Waals surface area contributed by atoms with Gasteiger partial charge in [-0.3, -0.25) is 4.79 Å². The summed E-state index contributed by atoms with van der Waals surface area (Å²) in [5.74, 6) is 1.36. The Bertz CT molecular complexity index is 601. The number of benzene rings is 1. The number of amides is 1. The maximum absolute atomic E-state index is 11.4. The summed E-state index contributed by atoms with van der Waals surface area (Å²) in [6.07, 6.45) is 4.24. The molecule has 2 rings (SSSR count). The summed E-state index contributed by atoms with van der Waals surface area (Å²) in [5, 5.41) is 2.95. The van der Waals surface area contributed by atoms with E-state index >= 15 is 0 Å². The van der Waals surface area contributed by atoms with Gasteiger partial charge in [-0.15, -0.1) is 0 Å². The van der Waals surface area contributed by atoms with Crippen molar-refractivity contribution < 1.29 is 4.79 Å². The van der Waals surface area contributed by atoms with Crippen LogP contribution in [0.4, 0.5) is 0 Å². The van der Waals surface area contributed by atoms with Crippen LogP contribution >= 0.6 is 0 Å². The van der Waals surface area contributed by atoms with Crippen molar-refractivity contribution >= 4 is 16.9 Å². The number of carbonyl (C=O) groups is 1. The van der Waals surface area contributed by atoms with Crippen LogP contribution in [0.3, 0.4) is 0 Å². The second-order valence-electron chi connectivity index (χ2n) is 5.83. The maximum Gasteiger partial charge on any atom is 0.222 e. The summed E-state index contributed by atoms with van der Waals surface area (Å²) in [4.78, 5) is 16.1. The van der Waals surface area contributed by atoms with Gasteiger partial charge in [0.05, 0.1) is 11.0 Å². The molecule has 0 radical (unpaired) electrons. The average molecular weight is 287 g/mol. The molecule has 0 aliphatic carbocycles. The number of para-hydroxylation sites is 2. The molecule has 1 aromatic heterocycles. The third kappa shape index (κ3) is 4.06. The van der Waals surface area contributed by atoms with Crippen molar-refractivity contribution in [1.29, 1.82) is 0 Å². The van der Waals surface area contributed by atoms with Crippen LogP contribution in [-0.4, -0.2) is 22.0 Å². The molecule has 4 heteroatoms. The Morgan fingerprint density at radius 2 is 2.00 bits per heavy atom. The molecule has 0 fully saturated rings. The van der Waals surface area contributed by atoms with E-state index in [9.17, 15) is 4.79 Å². The zero-order valence-corrected chi connectivity index (χ0v) is 13.2. The van der Waals surface area contributed by atoms with Crippen molar-refractivity contribution in [1.82, 2.24) is 14.9 Å². The lowest BCUT2D eigenvalue weighted by Crippen LogP contribution is -2.28. The largest absolute Gasteiger partial charge is 0.356 e. The molecule has 0 saturated carbocycles. The fraction of sp³-hybridized carbons (Fsp3) is 0.529. The van der Waals surface area contributed by atoms with Gasteiger partial charge in [-0.2, -0.15) is 0 Å². The second-order valence-corrected chi connectivity index (χ2v) is 5.83. The molecule has 0 saturated heterocycles. The summed E-state index contributed by atoms with van der Waals surface area (Å²) in [6.45, 7) is 4.61. The highest BCUT2D eigenvalue weighted by atomic mass is 16.1. The number of nitrogens with one attached hydrogen (secondary N) is 1. The first-order valence-electron chi connectivity index (χ1n) is 7.77. The van der Waals surface area contributed by atoms with Gasteiger partial charge in [0, 0.05) is 25.9 Å². The molecule has 0 unspecified atom stereocenters. The van der Waals surface area contributed by atoms with E-state index < -0.39 is 0 Å². The van der Waals surface area contributed by atoms with Crippen LogP contribution in [0.25, 0.3) is 11.0 Å². The second kappa shape index (κ2) is 7.25. The van der Waals surface area contributed by atoms with Crippen molar-refractivity contribution in [3.05, 3.63) is 30.1 Å². The Kier molecular flexibility index (Phi) is 5.37. The third-order valence-corrected chi connectivity index (χ3v) is 3.78. The summed E-state index contributed by atoms with van der Waals surface area (Å²) in [7, 11) is 2.08. The lowest BCUT2D eigenvalue weighted by Gasteiger charge is -2.07. The van der Waals surface area contributed by atoms with Crippen molar-refractivity contribution in [2.45, 2.75) is 39.5 Å². The molecule has 0 spiro atoms. The van der Waals surface area contributed by atoms with Gasteiger partial charge in [0.25, 0.3) is 0 Å². The monoisotopic (exact) mass is 287 g/mol. The molecule has 0 atom stereocenters. The molecule has 0 aliphatic heterocycles. The third-order valence-electron chi connectivity index (χ3n) is 3.78. The number of aryl methyl sites for hydroxylation is 2. The molecule has 2 aromatic rings. The van der Waals surface area contributed by atoms with Crippen LogP contribution < -0.4 is 5.32 Å². The smallest absolute Gasteiger partial charge is 0.222 e. The molecule has 1 amide bonds. The highest BCUT2D eigenvalue weighted by molar-refractivity contribution is 5.77. The standard InChI is InChI=1S/C17H25N3O/c1-13(2)17(21)18-12-8-4-5-11-16-19-14-9-6-7-10-15(14)20(16)3/h6-7,9-10,13H,4-5,8,11-12H2,1-3H3,(H,18,21). The minimum atomic E-state index is 0.0741. The van der Waals surface area contributed by atoms with Gasteiger partial charge in [-0.25, -0.2) is 4.98 Å². The minimum absolute atomic E-state index is 0.0741. The Labute approximate surface area is 126 Å². The Morgan fingerprint density at radius 1 is 1.24 bits per heavy atom. The van der Waals surface area contributed by atoms with Crippen LogP contribution in [0.15, 0.2) is 24.3 Å². The van der Waals surface area contributed by atoms with Gasteiger partial charge < -0.3 is 9.88 Å². The molecular formula is C17H25N3O. The van der Waals surface area contributed by atoms with E-state index in [0.29, 0.717) is 0 Å². The lowest BCUT2D eigenvalue weighted by molar-refractivity contribution is -0.123. The topological polar surface area (TPSA) is 46.9 Å². The number of aromatic nitrogens is 2. The average Bonchev–Trinajstić information content (AvgIpc) is 2.79. The van der Waals surface area contributed by atoms with Gasteiger partial charge in [0.1, 0.15) is 5.82 Å². The van der Waals surface area contributed by atoms with E-state index in [2.05, 4.69) is 34.0 Å². The molecule has 1 N–H and O–H groups in total. The fourth-order valence-electron chi connectivity index (χ4n) is 2.42. The molecule has 114 valence electrons. The van der Waals surface area contributed by atoms with E-state index in [0.717, 1.165) is 43.6 Å². The normalized spacial score (nSPS) is 11.2. The van der Waals surface area contributed by atoms with E-state index in [4.69, 9.17) is 0 Å². The molecule has 0 bridgehead atoms. The Morgan fingerprint density at radius 3 is 2.71 bits per heavy atom. The zero-order chi connectivity index (χ0) is 15.2. The lowest BCUT2D eigenvalue weighted by atomic mass is 10.1. The van der Waals surface area contributed by atoms with Crippen molar-refractivity contribution in [2.24, 2.45) is 13.0 Å². The number of rotatable bonds is 7. The SMILES string of the molecule is CC(C)C(=O)NCCCCCc1nc2ccccc2n1C. The van der Waals surface area contributed by atoms with Gasteiger partial charge in [-0.1, -0.05) is 32.4 Å². The quantitative estimate of drug-likeness (QED) is 0.796. The van der Waals surface area contributed by atoms with E-state index in [1.165, 1.54) is 5.52 Å². The molecular weight excluding hydrogens is 262 g/mol. The zero-order valence-electron chi connectivity index (χ0n) is 13.2. The first-order chi connectivity index (χ1) is 10.1. The first-order valence-corrected chi connectivity index (χ1v) is 7.77. The van der Waals surface area contributed by atoms with Crippen LogP contribution in [0.2, 0.25) is 0 Å². The van der Waals surface area contributed by atoms with Crippen LogP contribution in [0, 0.1) is 5.92 Å². The molecule has 4 nitrogen and oxygen atoms in total. The van der Waals surface area contributed by atoms with E-state index in [-0.39, 0.29) is 11.8 Å². The fourth-order valence-corrected chi connectivity index (χ4v) is 2.42. The number of nitrogens with zero attached hydrogens (tertiary/aromatic N) is 2. The van der Waals surface area contributed by atoms with Gasteiger partial charge in [0.15, 0.2) is 0 Å². The predicted octanol–water partition coefficient (Wildman–Crippen LogP) is 3.06. The molecule has 0 aliphatic rings. The van der Waals surface area contributed by atoms with Gasteiger partial charge in [-0.05, 0) is 25.0 Å². The number of carbonyl (C=O) groups excluding carboxylic acids is 1. The molecule has 1 aromatic carbocycles. The van der Waals surface area contributed by atoms with Crippen molar-refractivity contribution in [2.75, 3.05) is 6.54 Å². The maximum atomic E-state index is 11.4. The van der Waals surface area contributed by atoms with Gasteiger partial charge >= 0.3 is 0 Å². The summed E-state index contributed by atoms with van der Waals surface area (Å²) in [6, 6.07) is 8.23. The van der Waals surface area contributed by atoms with E-state index in [1.54, 1.807) is 0 Å². The van der Waals surface area contributed by atoms with Crippen LogP contribution in [0.1, 0.15) is 38.9 Å². The van der Waals surface area contributed by atoms with Crippen LogP contribution in [-0.2, 0) is 18.3 Å². The van der Waals surface area contributed by atoms with Crippen LogP contribution in [0.5, 0.6) is 0 Å². The number of imidazole rings is 1. The number of hydrogen-bond donors (Lipinski definition) is 1. The first kappa shape index (κ1) is 15.5. The summed E-state index contributed by atoms with van der Waals surface area (Å²) >= 11 is 0. The Hall–Kier alpha value is -1.84. The van der Waals surface area contributed by atoms with Crippen molar-refractivity contribution in [3.8, 4) is 0 Å². The highest BCUT2D eigenvalue weighted by Gasteiger charge is 2.07. The highest BCUT2D eigenvalue weighted by Crippen LogP contribution is 2.15.